The van der Waals surface area contributed by atoms with E-state index in [9.17, 15) is 9.59 Å². The molecule has 0 aliphatic carbocycles. The number of likely N-dealkylation sites (tertiary alicyclic amines) is 1. The first kappa shape index (κ1) is 14.4. The van der Waals surface area contributed by atoms with E-state index in [1.807, 2.05) is 4.90 Å². The molecule has 0 spiro atoms. The van der Waals surface area contributed by atoms with E-state index in [-0.39, 0.29) is 11.8 Å². The van der Waals surface area contributed by atoms with Crippen molar-refractivity contribution < 1.29 is 14.0 Å². The van der Waals surface area contributed by atoms with Crippen LogP contribution in [0.25, 0.3) is 0 Å². The summed E-state index contributed by atoms with van der Waals surface area (Å²) in [6.07, 6.45) is 8.21. The number of carbonyl (C=O) groups is 2. The van der Waals surface area contributed by atoms with Crippen LogP contribution in [0.1, 0.15) is 33.6 Å². The lowest BCUT2D eigenvalue weighted by molar-refractivity contribution is 0.0684. The molecule has 3 heterocycles. The maximum Gasteiger partial charge on any atom is 0.255 e. The van der Waals surface area contributed by atoms with Crippen molar-refractivity contribution >= 4 is 11.8 Å². The van der Waals surface area contributed by atoms with E-state index in [0.717, 1.165) is 25.9 Å². The Balaban J connectivity index is 1.44. The van der Waals surface area contributed by atoms with E-state index in [0.29, 0.717) is 23.6 Å². The number of nitrogens with zero attached hydrogens (tertiary/aromatic N) is 1. The maximum atomic E-state index is 12.2. The van der Waals surface area contributed by atoms with Gasteiger partial charge >= 0.3 is 0 Å². The second-order valence-corrected chi connectivity index (χ2v) is 5.56. The normalized spacial score (nSPS) is 15.7. The second kappa shape index (κ2) is 6.51. The van der Waals surface area contributed by atoms with Gasteiger partial charge in [0.05, 0.1) is 17.4 Å². The summed E-state index contributed by atoms with van der Waals surface area (Å²) in [5, 5.41) is 2.92. The number of carbonyl (C=O) groups excluding carboxylic acids is 2. The van der Waals surface area contributed by atoms with Gasteiger partial charge in [-0.15, -0.1) is 0 Å². The van der Waals surface area contributed by atoms with Crippen LogP contribution in [0.2, 0.25) is 0 Å². The number of hydrogen-bond donors (Lipinski definition) is 2. The van der Waals surface area contributed by atoms with Gasteiger partial charge in [-0.2, -0.15) is 0 Å². The van der Waals surface area contributed by atoms with E-state index in [1.54, 1.807) is 24.5 Å². The molecule has 0 saturated carbocycles. The Morgan fingerprint density at radius 1 is 1.27 bits per heavy atom. The van der Waals surface area contributed by atoms with Crippen LogP contribution in [-0.4, -0.2) is 41.3 Å². The van der Waals surface area contributed by atoms with Crippen molar-refractivity contribution in [3.05, 3.63) is 48.2 Å². The molecule has 6 heteroatoms. The molecular formula is C16H19N3O3. The van der Waals surface area contributed by atoms with Crippen molar-refractivity contribution in [3.63, 3.8) is 0 Å². The minimum Gasteiger partial charge on any atom is -0.472 e. The third-order valence-corrected chi connectivity index (χ3v) is 4.08. The highest BCUT2D eigenvalue weighted by molar-refractivity contribution is 5.94. The molecule has 0 bridgehead atoms. The van der Waals surface area contributed by atoms with E-state index < -0.39 is 0 Å². The van der Waals surface area contributed by atoms with Gasteiger partial charge in [-0.25, -0.2) is 0 Å². The number of rotatable bonds is 4. The van der Waals surface area contributed by atoms with Crippen molar-refractivity contribution in [2.24, 2.45) is 5.92 Å². The van der Waals surface area contributed by atoms with Crippen LogP contribution in [-0.2, 0) is 0 Å². The van der Waals surface area contributed by atoms with Crippen LogP contribution in [0.4, 0.5) is 0 Å². The van der Waals surface area contributed by atoms with Gasteiger partial charge in [0.2, 0.25) is 0 Å². The molecule has 1 fully saturated rings. The highest BCUT2D eigenvalue weighted by Crippen LogP contribution is 2.18. The standard InChI is InChI=1S/C16H19N3O3/c20-15(14-4-8-22-11-14)18-9-12-2-6-19(7-3-12)16(21)13-1-5-17-10-13/h1,4-5,8,10-12,17H,2-3,6-7,9H2,(H,18,20). The number of hydrogen-bond acceptors (Lipinski definition) is 3. The first-order valence-electron chi connectivity index (χ1n) is 7.46. The summed E-state index contributed by atoms with van der Waals surface area (Å²) in [6, 6.07) is 3.44. The van der Waals surface area contributed by atoms with Crippen LogP contribution < -0.4 is 5.32 Å². The largest absolute Gasteiger partial charge is 0.472 e. The second-order valence-electron chi connectivity index (χ2n) is 5.56. The number of piperidine rings is 1. The molecule has 116 valence electrons. The topological polar surface area (TPSA) is 78.3 Å². The summed E-state index contributed by atoms with van der Waals surface area (Å²) in [4.78, 5) is 28.8. The summed E-state index contributed by atoms with van der Waals surface area (Å²) in [5.74, 6) is 0.368. The minimum absolute atomic E-state index is 0.0714. The van der Waals surface area contributed by atoms with Crippen molar-refractivity contribution in [3.8, 4) is 0 Å². The quantitative estimate of drug-likeness (QED) is 0.905. The van der Waals surface area contributed by atoms with Gasteiger partial charge in [-0.05, 0) is 30.9 Å². The minimum atomic E-state index is -0.112. The number of amides is 2. The molecule has 2 amide bonds. The average Bonchev–Trinajstić information content (AvgIpc) is 3.25. The highest BCUT2D eigenvalue weighted by atomic mass is 16.3. The lowest BCUT2D eigenvalue weighted by Crippen LogP contribution is -2.41. The summed E-state index contributed by atoms with van der Waals surface area (Å²) < 4.78 is 4.90. The molecular weight excluding hydrogens is 282 g/mol. The Kier molecular flexibility index (Phi) is 4.27. The van der Waals surface area contributed by atoms with Gasteiger partial charge in [0.15, 0.2) is 0 Å². The molecule has 1 aliphatic heterocycles. The van der Waals surface area contributed by atoms with Crippen molar-refractivity contribution in [2.75, 3.05) is 19.6 Å². The fraction of sp³-hybridized carbons (Fsp3) is 0.375. The smallest absolute Gasteiger partial charge is 0.255 e. The van der Waals surface area contributed by atoms with Gasteiger partial charge in [0.1, 0.15) is 6.26 Å². The number of furan rings is 1. The van der Waals surface area contributed by atoms with Crippen LogP contribution >= 0.6 is 0 Å². The molecule has 1 saturated heterocycles. The number of H-pyrrole nitrogens is 1. The van der Waals surface area contributed by atoms with Gasteiger partial charge in [-0.1, -0.05) is 0 Å². The summed E-state index contributed by atoms with van der Waals surface area (Å²) in [7, 11) is 0. The molecule has 22 heavy (non-hydrogen) atoms. The molecule has 2 aromatic heterocycles. The van der Waals surface area contributed by atoms with Crippen molar-refractivity contribution in [1.29, 1.82) is 0 Å². The van der Waals surface area contributed by atoms with Crippen LogP contribution in [0.5, 0.6) is 0 Å². The monoisotopic (exact) mass is 301 g/mol. The van der Waals surface area contributed by atoms with Gasteiger partial charge < -0.3 is 19.6 Å². The van der Waals surface area contributed by atoms with Crippen molar-refractivity contribution in [1.82, 2.24) is 15.2 Å². The molecule has 0 aromatic carbocycles. The highest BCUT2D eigenvalue weighted by Gasteiger charge is 2.24. The third kappa shape index (κ3) is 3.21. The van der Waals surface area contributed by atoms with Crippen LogP contribution in [0.15, 0.2) is 41.5 Å². The Morgan fingerprint density at radius 2 is 2.09 bits per heavy atom. The Hall–Kier alpha value is -2.50. The van der Waals surface area contributed by atoms with E-state index in [2.05, 4.69) is 10.3 Å². The molecule has 2 aromatic rings. The Labute approximate surface area is 128 Å². The number of aromatic nitrogens is 1. The SMILES string of the molecule is O=C(NCC1CCN(C(=O)c2cc[nH]c2)CC1)c1ccoc1. The summed E-state index contributed by atoms with van der Waals surface area (Å²) in [6.45, 7) is 2.10. The maximum absolute atomic E-state index is 12.2. The Bertz CT molecular complexity index is 611. The zero-order valence-corrected chi connectivity index (χ0v) is 12.2. The predicted molar refractivity (Wildman–Crippen MR) is 80.5 cm³/mol. The first-order chi connectivity index (χ1) is 10.7. The van der Waals surface area contributed by atoms with E-state index in [1.165, 1.54) is 12.5 Å². The molecule has 1 aliphatic rings. The van der Waals surface area contributed by atoms with E-state index in [4.69, 9.17) is 4.42 Å². The first-order valence-corrected chi connectivity index (χ1v) is 7.46. The van der Waals surface area contributed by atoms with Crippen molar-refractivity contribution in [2.45, 2.75) is 12.8 Å². The molecule has 0 atom stereocenters. The predicted octanol–water partition coefficient (Wildman–Crippen LogP) is 1.89. The molecule has 2 N–H and O–H groups in total. The molecule has 3 rings (SSSR count). The zero-order chi connectivity index (χ0) is 15.4. The summed E-state index contributed by atoms with van der Waals surface area (Å²) >= 11 is 0. The van der Waals surface area contributed by atoms with Gasteiger partial charge in [-0.3, -0.25) is 9.59 Å². The lowest BCUT2D eigenvalue weighted by Gasteiger charge is -2.31. The molecule has 6 nitrogen and oxygen atoms in total. The molecule has 0 radical (unpaired) electrons. The van der Waals surface area contributed by atoms with Crippen LogP contribution in [0, 0.1) is 5.92 Å². The van der Waals surface area contributed by atoms with Crippen LogP contribution in [0.3, 0.4) is 0 Å². The number of nitrogens with one attached hydrogen (secondary N) is 2. The third-order valence-electron chi connectivity index (χ3n) is 4.08. The van der Waals surface area contributed by atoms with E-state index >= 15 is 0 Å². The average molecular weight is 301 g/mol. The zero-order valence-electron chi connectivity index (χ0n) is 12.2. The van der Waals surface area contributed by atoms with Gasteiger partial charge in [0.25, 0.3) is 11.8 Å². The number of aromatic amines is 1. The summed E-state index contributed by atoms with van der Waals surface area (Å²) in [5.41, 5.74) is 1.24. The fourth-order valence-electron chi connectivity index (χ4n) is 2.71. The lowest BCUT2D eigenvalue weighted by atomic mass is 9.96. The Morgan fingerprint density at radius 3 is 2.73 bits per heavy atom. The fourth-order valence-corrected chi connectivity index (χ4v) is 2.71. The molecule has 0 unspecified atom stereocenters. The van der Waals surface area contributed by atoms with Gasteiger partial charge in [0, 0.05) is 32.0 Å².